The lowest BCUT2D eigenvalue weighted by Gasteiger charge is -2.36. The molecule has 2 unspecified atom stereocenters. The number of carboxylic acids is 1. The van der Waals surface area contributed by atoms with Gasteiger partial charge in [-0.15, -0.1) is 0 Å². The van der Waals surface area contributed by atoms with Gasteiger partial charge in [-0.3, -0.25) is 9.48 Å². The Bertz CT molecular complexity index is 512. The van der Waals surface area contributed by atoms with Gasteiger partial charge in [0.15, 0.2) is 0 Å². The zero-order chi connectivity index (χ0) is 14.8. The normalized spacial score (nSPS) is 26.2. The van der Waals surface area contributed by atoms with Crippen molar-refractivity contribution in [2.75, 3.05) is 0 Å². The SMILES string of the molecule is CCn1cc(C(=O)NC2(C(=O)O)CCCC(C)C2)cn1. The number of aryl methyl sites for hydroxylation is 1. The summed E-state index contributed by atoms with van der Waals surface area (Å²) in [4.78, 5) is 23.8. The van der Waals surface area contributed by atoms with Crippen LogP contribution in [0, 0.1) is 5.92 Å². The Labute approximate surface area is 118 Å². The van der Waals surface area contributed by atoms with Crippen molar-refractivity contribution in [1.29, 1.82) is 0 Å². The lowest BCUT2D eigenvalue weighted by molar-refractivity contribution is -0.146. The lowest BCUT2D eigenvalue weighted by atomic mass is 9.76. The lowest BCUT2D eigenvalue weighted by Crippen LogP contribution is -2.56. The molecule has 20 heavy (non-hydrogen) atoms. The molecule has 2 rings (SSSR count). The zero-order valence-corrected chi connectivity index (χ0v) is 11.9. The molecule has 1 heterocycles. The van der Waals surface area contributed by atoms with E-state index in [4.69, 9.17) is 0 Å². The first kappa shape index (κ1) is 14.6. The fourth-order valence-electron chi connectivity index (χ4n) is 2.86. The molecule has 6 nitrogen and oxygen atoms in total. The van der Waals surface area contributed by atoms with Gasteiger partial charge in [0.2, 0.25) is 0 Å². The van der Waals surface area contributed by atoms with Gasteiger partial charge < -0.3 is 10.4 Å². The fraction of sp³-hybridized carbons (Fsp3) is 0.643. The molecule has 0 aromatic carbocycles. The van der Waals surface area contributed by atoms with Crippen LogP contribution in [0.4, 0.5) is 0 Å². The van der Waals surface area contributed by atoms with Crippen molar-refractivity contribution < 1.29 is 14.7 Å². The highest BCUT2D eigenvalue weighted by atomic mass is 16.4. The minimum absolute atomic E-state index is 0.304. The van der Waals surface area contributed by atoms with Crippen molar-refractivity contribution in [3.8, 4) is 0 Å². The quantitative estimate of drug-likeness (QED) is 0.878. The number of nitrogens with one attached hydrogen (secondary N) is 1. The number of amides is 1. The molecule has 110 valence electrons. The second-order valence-corrected chi connectivity index (χ2v) is 5.63. The van der Waals surface area contributed by atoms with Crippen molar-refractivity contribution in [3.05, 3.63) is 18.0 Å². The highest BCUT2D eigenvalue weighted by molar-refractivity contribution is 5.97. The van der Waals surface area contributed by atoms with Crippen LogP contribution in [0.2, 0.25) is 0 Å². The Hall–Kier alpha value is -1.85. The Kier molecular flexibility index (Phi) is 4.11. The van der Waals surface area contributed by atoms with Crippen LogP contribution in [0.15, 0.2) is 12.4 Å². The van der Waals surface area contributed by atoms with Gasteiger partial charge >= 0.3 is 5.97 Å². The maximum atomic E-state index is 12.2. The third-order valence-corrected chi connectivity index (χ3v) is 3.98. The van der Waals surface area contributed by atoms with Crippen molar-refractivity contribution in [2.24, 2.45) is 5.92 Å². The molecule has 0 bridgehead atoms. The average molecular weight is 279 g/mol. The van der Waals surface area contributed by atoms with E-state index in [0.29, 0.717) is 30.9 Å². The highest BCUT2D eigenvalue weighted by Crippen LogP contribution is 2.32. The summed E-state index contributed by atoms with van der Waals surface area (Å²) in [6.45, 7) is 4.63. The maximum absolute atomic E-state index is 12.2. The smallest absolute Gasteiger partial charge is 0.329 e. The molecule has 1 saturated carbocycles. The average Bonchev–Trinajstić information content (AvgIpc) is 2.87. The van der Waals surface area contributed by atoms with Gasteiger partial charge in [-0.2, -0.15) is 5.10 Å². The number of hydrogen-bond donors (Lipinski definition) is 2. The number of nitrogens with zero attached hydrogens (tertiary/aromatic N) is 2. The second kappa shape index (κ2) is 5.64. The van der Waals surface area contributed by atoms with Gasteiger partial charge in [0.25, 0.3) is 5.91 Å². The molecule has 1 amide bonds. The monoisotopic (exact) mass is 279 g/mol. The maximum Gasteiger partial charge on any atom is 0.329 e. The van der Waals surface area contributed by atoms with Gasteiger partial charge in [0, 0.05) is 12.7 Å². The van der Waals surface area contributed by atoms with E-state index in [1.54, 1.807) is 10.9 Å². The highest BCUT2D eigenvalue weighted by Gasteiger charge is 2.43. The third-order valence-electron chi connectivity index (χ3n) is 3.98. The Morgan fingerprint density at radius 2 is 2.35 bits per heavy atom. The summed E-state index contributed by atoms with van der Waals surface area (Å²) in [5, 5.41) is 16.3. The summed E-state index contributed by atoms with van der Waals surface area (Å²) in [7, 11) is 0. The molecular formula is C14H21N3O3. The van der Waals surface area contributed by atoms with Gasteiger partial charge in [-0.05, 0) is 25.7 Å². The molecule has 0 spiro atoms. The molecule has 1 aromatic rings. The molecule has 1 aliphatic carbocycles. The largest absolute Gasteiger partial charge is 0.480 e. The van der Waals surface area contributed by atoms with Gasteiger partial charge in [-0.1, -0.05) is 19.8 Å². The molecule has 2 atom stereocenters. The van der Waals surface area contributed by atoms with E-state index < -0.39 is 11.5 Å². The van der Waals surface area contributed by atoms with Gasteiger partial charge in [0.05, 0.1) is 11.8 Å². The van der Waals surface area contributed by atoms with E-state index in [1.807, 2.05) is 13.8 Å². The third kappa shape index (κ3) is 2.84. The molecule has 0 radical (unpaired) electrons. The van der Waals surface area contributed by atoms with Gasteiger partial charge in [-0.25, -0.2) is 4.79 Å². The first-order chi connectivity index (χ1) is 9.47. The Morgan fingerprint density at radius 3 is 2.90 bits per heavy atom. The second-order valence-electron chi connectivity index (χ2n) is 5.63. The number of rotatable bonds is 4. The van der Waals surface area contributed by atoms with Crippen LogP contribution < -0.4 is 5.32 Å². The van der Waals surface area contributed by atoms with Crippen LogP contribution >= 0.6 is 0 Å². The summed E-state index contributed by atoms with van der Waals surface area (Å²) >= 11 is 0. The first-order valence-corrected chi connectivity index (χ1v) is 7.05. The summed E-state index contributed by atoms with van der Waals surface area (Å²) in [6, 6.07) is 0. The molecule has 1 fully saturated rings. The number of aliphatic carboxylic acids is 1. The van der Waals surface area contributed by atoms with Crippen molar-refractivity contribution >= 4 is 11.9 Å². The van der Waals surface area contributed by atoms with Crippen molar-refractivity contribution in [3.63, 3.8) is 0 Å². The van der Waals surface area contributed by atoms with E-state index in [-0.39, 0.29) is 5.91 Å². The number of carbonyl (C=O) groups excluding carboxylic acids is 1. The number of aromatic nitrogens is 2. The molecular weight excluding hydrogens is 258 g/mol. The molecule has 6 heteroatoms. The van der Waals surface area contributed by atoms with Crippen LogP contribution in [0.1, 0.15) is 49.9 Å². The van der Waals surface area contributed by atoms with E-state index in [1.165, 1.54) is 6.20 Å². The topological polar surface area (TPSA) is 84.2 Å². The minimum atomic E-state index is -1.14. The number of carbonyl (C=O) groups is 2. The Balaban J connectivity index is 2.15. The van der Waals surface area contributed by atoms with Crippen LogP contribution in [-0.2, 0) is 11.3 Å². The van der Waals surface area contributed by atoms with Gasteiger partial charge in [0.1, 0.15) is 5.54 Å². The number of carboxylic acid groups (broad SMARTS) is 1. The molecule has 1 aromatic heterocycles. The fourth-order valence-corrected chi connectivity index (χ4v) is 2.86. The van der Waals surface area contributed by atoms with E-state index in [9.17, 15) is 14.7 Å². The van der Waals surface area contributed by atoms with Crippen LogP contribution in [0.5, 0.6) is 0 Å². The summed E-state index contributed by atoms with van der Waals surface area (Å²) in [5.41, 5.74) is -0.728. The van der Waals surface area contributed by atoms with Crippen LogP contribution in [0.25, 0.3) is 0 Å². The Morgan fingerprint density at radius 1 is 1.60 bits per heavy atom. The summed E-state index contributed by atoms with van der Waals surface area (Å²) < 4.78 is 1.64. The van der Waals surface area contributed by atoms with Crippen LogP contribution in [-0.4, -0.2) is 32.3 Å². The van der Waals surface area contributed by atoms with Crippen LogP contribution in [0.3, 0.4) is 0 Å². The minimum Gasteiger partial charge on any atom is -0.480 e. The summed E-state index contributed by atoms with van der Waals surface area (Å²) in [5.74, 6) is -1.00. The predicted molar refractivity (Wildman–Crippen MR) is 73.4 cm³/mol. The van der Waals surface area contributed by atoms with Crippen molar-refractivity contribution in [1.82, 2.24) is 15.1 Å². The number of hydrogen-bond acceptors (Lipinski definition) is 3. The standard InChI is InChI=1S/C14H21N3O3/c1-3-17-9-11(8-15-17)12(18)16-14(13(19)20)6-4-5-10(2)7-14/h8-10H,3-7H2,1-2H3,(H,16,18)(H,19,20). The van der Waals surface area contributed by atoms with E-state index in [0.717, 1.165) is 12.8 Å². The summed E-state index contributed by atoms with van der Waals surface area (Å²) in [6.07, 6.45) is 5.91. The predicted octanol–water partition coefficient (Wildman–Crippen LogP) is 1.67. The zero-order valence-electron chi connectivity index (χ0n) is 11.9. The van der Waals surface area contributed by atoms with E-state index >= 15 is 0 Å². The first-order valence-electron chi connectivity index (χ1n) is 7.05. The van der Waals surface area contributed by atoms with Crippen molar-refractivity contribution in [2.45, 2.75) is 51.6 Å². The molecule has 1 aliphatic rings. The molecule has 2 N–H and O–H groups in total. The molecule has 0 aliphatic heterocycles. The molecule has 0 saturated heterocycles. The van der Waals surface area contributed by atoms with E-state index in [2.05, 4.69) is 10.4 Å².